The van der Waals surface area contributed by atoms with Crippen molar-refractivity contribution in [2.24, 2.45) is 0 Å². The molecule has 0 aliphatic heterocycles. The lowest BCUT2D eigenvalue weighted by Gasteiger charge is -2.08. The molecule has 1 nitrogen and oxygen atoms in total. The number of fused-ring (bicyclic) bond motifs is 3. The summed E-state index contributed by atoms with van der Waals surface area (Å²) in [5.74, 6) is 0. The van der Waals surface area contributed by atoms with Crippen molar-refractivity contribution >= 4 is 21.8 Å². The van der Waals surface area contributed by atoms with Gasteiger partial charge in [0.15, 0.2) is 0 Å². The molecule has 108 valence electrons. The molecule has 0 unspecified atom stereocenters. The van der Waals surface area contributed by atoms with Crippen LogP contribution in [0.3, 0.4) is 0 Å². The summed E-state index contributed by atoms with van der Waals surface area (Å²) in [6.07, 6.45) is 0. The minimum atomic E-state index is 1.22. The number of hydrogen-bond donors (Lipinski definition) is 0. The highest BCUT2D eigenvalue weighted by Gasteiger charge is 2.13. The fourth-order valence-electron chi connectivity index (χ4n) is 3.34. The van der Waals surface area contributed by atoms with Gasteiger partial charge in [-0.2, -0.15) is 0 Å². The Labute approximate surface area is 130 Å². The van der Waals surface area contributed by atoms with Crippen molar-refractivity contribution in [3.8, 4) is 5.69 Å². The van der Waals surface area contributed by atoms with Crippen LogP contribution in [0.5, 0.6) is 0 Å². The third-order valence-electron chi connectivity index (χ3n) is 4.45. The number of aryl methyl sites for hydroxylation is 3. The normalized spacial score (nSPS) is 11.4. The summed E-state index contributed by atoms with van der Waals surface area (Å²) >= 11 is 0. The number of hydrogen-bond acceptors (Lipinski definition) is 0. The molecule has 0 aliphatic rings. The summed E-state index contributed by atoms with van der Waals surface area (Å²) in [6.45, 7) is 6.49. The van der Waals surface area contributed by atoms with Gasteiger partial charge in [0.25, 0.3) is 0 Å². The number of rotatable bonds is 1. The average molecular weight is 285 g/mol. The first-order valence-corrected chi connectivity index (χ1v) is 7.72. The highest BCUT2D eigenvalue weighted by Crippen LogP contribution is 2.34. The molecular weight excluding hydrogens is 266 g/mol. The Bertz CT molecular complexity index is 988. The van der Waals surface area contributed by atoms with Crippen LogP contribution in [0, 0.1) is 20.8 Å². The number of nitrogens with zero attached hydrogens (tertiary/aromatic N) is 1. The summed E-state index contributed by atoms with van der Waals surface area (Å²) in [5.41, 5.74) is 7.71. The first kappa shape index (κ1) is 13.1. The van der Waals surface area contributed by atoms with Crippen LogP contribution in [0.25, 0.3) is 27.5 Å². The summed E-state index contributed by atoms with van der Waals surface area (Å²) in [5, 5.41) is 2.70. The van der Waals surface area contributed by atoms with Gasteiger partial charge < -0.3 is 4.57 Å². The van der Waals surface area contributed by atoms with Gasteiger partial charge in [0, 0.05) is 16.5 Å². The number of aromatic nitrogens is 1. The number of benzene rings is 3. The maximum absolute atomic E-state index is 2.37. The maximum atomic E-state index is 2.37. The van der Waals surface area contributed by atoms with E-state index < -0.39 is 0 Å². The smallest absolute Gasteiger partial charge is 0.0543 e. The predicted octanol–water partition coefficient (Wildman–Crippen LogP) is 5.71. The molecule has 0 radical (unpaired) electrons. The van der Waals surface area contributed by atoms with Crippen LogP contribution in [-0.4, -0.2) is 4.57 Å². The van der Waals surface area contributed by atoms with Crippen molar-refractivity contribution in [1.82, 2.24) is 4.57 Å². The summed E-state index contributed by atoms with van der Waals surface area (Å²) < 4.78 is 2.37. The Hall–Kier alpha value is -2.54. The molecule has 4 rings (SSSR count). The van der Waals surface area contributed by atoms with Crippen molar-refractivity contribution < 1.29 is 0 Å². The molecule has 0 amide bonds. The van der Waals surface area contributed by atoms with E-state index in [1.165, 1.54) is 44.2 Å². The van der Waals surface area contributed by atoms with E-state index in [9.17, 15) is 0 Å². The van der Waals surface area contributed by atoms with Gasteiger partial charge in [-0.25, -0.2) is 0 Å². The van der Waals surface area contributed by atoms with Crippen molar-refractivity contribution in [1.29, 1.82) is 0 Å². The first-order chi connectivity index (χ1) is 10.6. The van der Waals surface area contributed by atoms with Crippen LogP contribution in [0.1, 0.15) is 16.7 Å². The monoisotopic (exact) mass is 285 g/mol. The molecule has 0 fully saturated rings. The molecule has 4 aromatic rings. The third kappa shape index (κ3) is 1.86. The Balaban J connectivity index is 2.20. The highest BCUT2D eigenvalue weighted by atomic mass is 15.0. The minimum absolute atomic E-state index is 1.22. The van der Waals surface area contributed by atoms with Crippen LogP contribution in [0.15, 0.2) is 60.7 Å². The standard InChI is InChI=1S/C21H19N/c1-14-7-10-17(11-8-14)22-19-12-9-15(2)13-18(19)21-16(3)5-4-6-20(21)22/h4-13H,1-3H3. The van der Waals surface area contributed by atoms with Gasteiger partial charge in [-0.15, -0.1) is 0 Å². The van der Waals surface area contributed by atoms with E-state index in [1.54, 1.807) is 0 Å². The van der Waals surface area contributed by atoms with E-state index >= 15 is 0 Å². The molecule has 0 spiro atoms. The van der Waals surface area contributed by atoms with E-state index in [2.05, 4.69) is 86.0 Å². The van der Waals surface area contributed by atoms with Gasteiger partial charge in [-0.05, 0) is 56.7 Å². The molecule has 0 bridgehead atoms. The molecule has 1 heteroatoms. The Morgan fingerprint density at radius 1 is 0.682 bits per heavy atom. The summed E-state index contributed by atoms with van der Waals surface area (Å²) in [4.78, 5) is 0. The zero-order valence-electron chi connectivity index (χ0n) is 13.2. The maximum Gasteiger partial charge on any atom is 0.0543 e. The molecule has 0 saturated heterocycles. The molecule has 0 N–H and O–H groups in total. The van der Waals surface area contributed by atoms with Crippen LogP contribution in [0.4, 0.5) is 0 Å². The Kier molecular flexibility index (Phi) is 2.83. The molecule has 0 atom stereocenters. The summed E-state index contributed by atoms with van der Waals surface area (Å²) in [7, 11) is 0. The quantitative estimate of drug-likeness (QED) is 0.422. The largest absolute Gasteiger partial charge is 0.309 e. The van der Waals surface area contributed by atoms with E-state index in [0.717, 1.165) is 0 Å². The van der Waals surface area contributed by atoms with Gasteiger partial charge in [0.2, 0.25) is 0 Å². The van der Waals surface area contributed by atoms with Crippen molar-refractivity contribution in [3.05, 3.63) is 77.4 Å². The van der Waals surface area contributed by atoms with Gasteiger partial charge in [0.05, 0.1) is 11.0 Å². The Morgan fingerprint density at radius 2 is 1.41 bits per heavy atom. The average Bonchev–Trinajstić information content (AvgIpc) is 2.83. The van der Waals surface area contributed by atoms with Crippen LogP contribution in [-0.2, 0) is 0 Å². The SMILES string of the molecule is Cc1ccc(-n2c3ccc(C)cc3c3c(C)cccc32)cc1. The molecule has 22 heavy (non-hydrogen) atoms. The van der Waals surface area contributed by atoms with Crippen molar-refractivity contribution in [3.63, 3.8) is 0 Å². The zero-order chi connectivity index (χ0) is 15.3. The fourth-order valence-corrected chi connectivity index (χ4v) is 3.34. The van der Waals surface area contributed by atoms with Crippen LogP contribution >= 0.6 is 0 Å². The van der Waals surface area contributed by atoms with E-state index in [-0.39, 0.29) is 0 Å². The van der Waals surface area contributed by atoms with Gasteiger partial charge in [-0.1, -0.05) is 41.5 Å². The molecule has 1 heterocycles. The van der Waals surface area contributed by atoms with Crippen molar-refractivity contribution in [2.45, 2.75) is 20.8 Å². The van der Waals surface area contributed by atoms with Gasteiger partial charge >= 0.3 is 0 Å². The third-order valence-corrected chi connectivity index (χ3v) is 4.45. The van der Waals surface area contributed by atoms with Crippen molar-refractivity contribution in [2.75, 3.05) is 0 Å². The van der Waals surface area contributed by atoms with Gasteiger partial charge in [-0.3, -0.25) is 0 Å². The fraction of sp³-hybridized carbons (Fsp3) is 0.143. The molecule has 0 saturated carbocycles. The predicted molar refractivity (Wildman–Crippen MR) is 95.0 cm³/mol. The second-order valence-electron chi connectivity index (χ2n) is 6.16. The van der Waals surface area contributed by atoms with Gasteiger partial charge in [0.1, 0.15) is 0 Å². The lowest BCUT2D eigenvalue weighted by Crippen LogP contribution is -1.93. The topological polar surface area (TPSA) is 4.93 Å². The van der Waals surface area contributed by atoms with Crippen LogP contribution in [0.2, 0.25) is 0 Å². The van der Waals surface area contributed by atoms with E-state index in [1.807, 2.05) is 0 Å². The van der Waals surface area contributed by atoms with E-state index in [0.29, 0.717) is 0 Å². The first-order valence-electron chi connectivity index (χ1n) is 7.72. The van der Waals surface area contributed by atoms with E-state index in [4.69, 9.17) is 0 Å². The second kappa shape index (κ2) is 4.74. The second-order valence-corrected chi connectivity index (χ2v) is 6.16. The molecular formula is C21H19N. The highest BCUT2D eigenvalue weighted by molar-refractivity contribution is 6.11. The minimum Gasteiger partial charge on any atom is -0.309 e. The lowest BCUT2D eigenvalue weighted by molar-refractivity contribution is 1.17. The molecule has 0 aliphatic carbocycles. The Morgan fingerprint density at radius 3 is 2.18 bits per heavy atom. The summed E-state index contributed by atoms with van der Waals surface area (Å²) in [6, 6.07) is 22.1. The molecule has 3 aromatic carbocycles. The molecule has 1 aromatic heterocycles. The zero-order valence-corrected chi connectivity index (χ0v) is 13.2. The lowest BCUT2D eigenvalue weighted by atomic mass is 10.1. The van der Waals surface area contributed by atoms with Crippen LogP contribution < -0.4 is 0 Å².